The average Bonchev–Trinajstić information content (AvgIpc) is 3.20. The molecular weight excluding hydrogens is 364 g/mol. The van der Waals surface area contributed by atoms with E-state index < -0.39 is 16.9 Å². The molecule has 7 heteroatoms. The number of rotatable bonds is 7. The van der Waals surface area contributed by atoms with Crippen molar-refractivity contribution >= 4 is 29.5 Å². The van der Waals surface area contributed by atoms with Crippen molar-refractivity contribution in [2.45, 2.75) is 56.5 Å². The summed E-state index contributed by atoms with van der Waals surface area (Å²) in [5, 5.41) is 2.81. The topological polar surface area (TPSA) is 75.7 Å². The summed E-state index contributed by atoms with van der Waals surface area (Å²) in [5.74, 6) is -0.370. The van der Waals surface area contributed by atoms with Gasteiger partial charge in [0, 0.05) is 18.2 Å². The zero-order chi connectivity index (χ0) is 19.4. The number of carbonyl (C=O) groups is 3. The van der Waals surface area contributed by atoms with Crippen molar-refractivity contribution in [3.05, 3.63) is 35.9 Å². The van der Waals surface area contributed by atoms with E-state index in [0.717, 1.165) is 18.4 Å². The molecule has 2 aliphatic rings. The molecule has 0 spiro atoms. The predicted octanol–water partition coefficient (Wildman–Crippen LogP) is 2.43. The Morgan fingerprint density at radius 1 is 1.37 bits per heavy atom. The Hall–Kier alpha value is -2.02. The Morgan fingerprint density at radius 2 is 2.11 bits per heavy atom. The predicted molar refractivity (Wildman–Crippen MR) is 104 cm³/mol. The average molecular weight is 391 g/mol. The molecule has 146 valence electrons. The largest absolute Gasteiger partial charge is 0.454 e. The number of esters is 1. The van der Waals surface area contributed by atoms with Gasteiger partial charge in [-0.15, -0.1) is 11.8 Å². The standard InChI is InChI=1S/C20H26N2O4S/c1-3-7-14(2)21-17(23)12-26-19(25)16-13-27-20(11-10-18(24)22(16)20)15-8-5-4-6-9-15/h4-6,8-9,14,16H,3,7,10-13H2,1-2H3,(H,21,23)/t14-,16-,20-/m1/s1. The minimum atomic E-state index is -0.647. The van der Waals surface area contributed by atoms with Crippen LogP contribution in [0.4, 0.5) is 0 Å². The number of ether oxygens (including phenoxy) is 1. The summed E-state index contributed by atoms with van der Waals surface area (Å²) in [6.45, 7) is 3.66. The van der Waals surface area contributed by atoms with Gasteiger partial charge in [0.25, 0.3) is 5.91 Å². The Morgan fingerprint density at radius 3 is 2.81 bits per heavy atom. The lowest BCUT2D eigenvalue weighted by molar-refractivity contribution is -0.156. The molecule has 2 fully saturated rings. The van der Waals surface area contributed by atoms with Crippen molar-refractivity contribution in [3.63, 3.8) is 0 Å². The number of fused-ring (bicyclic) bond motifs is 1. The molecule has 0 saturated carbocycles. The molecule has 3 atom stereocenters. The van der Waals surface area contributed by atoms with E-state index in [-0.39, 0.29) is 24.5 Å². The van der Waals surface area contributed by atoms with E-state index in [0.29, 0.717) is 18.6 Å². The maximum Gasteiger partial charge on any atom is 0.330 e. The summed E-state index contributed by atoms with van der Waals surface area (Å²) >= 11 is 1.61. The van der Waals surface area contributed by atoms with Crippen LogP contribution >= 0.6 is 11.8 Å². The highest BCUT2D eigenvalue weighted by Gasteiger charge is 2.57. The fraction of sp³-hybridized carbons (Fsp3) is 0.550. The number of hydrogen-bond acceptors (Lipinski definition) is 5. The number of thioether (sulfide) groups is 1. The van der Waals surface area contributed by atoms with Gasteiger partial charge in [-0.3, -0.25) is 9.59 Å². The zero-order valence-corrected chi connectivity index (χ0v) is 16.6. The molecule has 2 amide bonds. The summed E-state index contributed by atoms with van der Waals surface area (Å²) in [6.07, 6.45) is 2.94. The lowest BCUT2D eigenvalue weighted by atomic mass is 10.0. The number of nitrogens with one attached hydrogen (secondary N) is 1. The second-order valence-electron chi connectivity index (χ2n) is 7.11. The summed E-state index contributed by atoms with van der Waals surface area (Å²) in [6, 6.07) is 9.22. The van der Waals surface area contributed by atoms with Gasteiger partial charge in [-0.05, 0) is 25.3 Å². The molecule has 0 aromatic heterocycles. The SMILES string of the molecule is CCC[C@@H](C)NC(=O)COC(=O)[C@H]1CS[C@@]2(c3ccccc3)CCC(=O)N12. The smallest absolute Gasteiger partial charge is 0.330 e. The summed E-state index contributed by atoms with van der Waals surface area (Å²) in [4.78, 5) is 38.3. The number of benzene rings is 1. The molecule has 2 aliphatic heterocycles. The van der Waals surface area contributed by atoms with Gasteiger partial charge in [0.15, 0.2) is 6.61 Å². The van der Waals surface area contributed by atoms with Gasteiger partial charge in [0.1, 0.15) is 10.9 Å². The third-order valence-corrected chi connectivity index (χ3v) is 6.70. The van der Waals surface area contributed by atoms with Crippen LogP contribution in [0, 0.1) is 0 Å². The van der Waals surface area contributed by atoms with Crippen LogP contribution in [0.2, 0.25) is 0 Å². The minimum Gasteiger partial charge on any atom is -0.454 e. The van der Waals surface area contributed by atoms with Crippen LogP contribution in [0.15, 0.2) is 30.3 Å². The molecule has 0 aliphatic carbocycles. The van der Waals surface area contributed by atoms with E-state index in [1.54, 1.807) is 16.7 Å². The first-order chi connectivity index (χ1) is 13.0. The normalized spacial score (nSPS) is 25.2. The Labute approximate surface area is 164 Å². The van der Waals surface area contributed by atoms with Crippen LogP contribution in [0.1, 0.15) is 45.1 Å². The monoisotopic (exact) mass is 390 g/mol. The van der Waals surface area contributed by atoms with Crippen LogP contribution in [0.5, 0.6) is 0 Å². The maximum absolute atomic E-state index is 12.6. The highest BCUT2D eigenvalue weighted by atomic mass is 32.2. The Bertz CT molecular complexity index is 711. The van der Waals surface area contributed by atoms with E-state index >= 15 is 0 Å². The Balaban J connectivity index is 1.65. The molecule has 1 N–H and O–H groups in total. The van der Waals surface area contributed by atoms with Gasteiger partial charge < -0.3 is 15.0 Å². The molecule has 1 aromatic rings. The van der Waals surface area contributed by atoms with E-state index in [1.165, 1.54) is 0 Å². The van der Waals surface area contributed by atoms with Crippen LogP contribution in [0.3, 0.4) is 0 Å². The first kappa shape index (κ1) is 19.7. The second kappa shape index (κ2) is 8.33. The van der Waals surface area contributed by atoms with Crippen molar-refractivity contribution in [2.24, 2.45) is 0 Å². The molecule has 0 radical (unpaired) electrons. The van der Waals surface area contributed by atoms with Gasteiger partial charge in [0.2, 0.25) is 5.91 Å². The van der Waals surface area contributed by atoms with Gasteiger partial charge in [-0.25, -0.2) is 4.79 Å². The number of hydrogen-bond donors (Lipinski definition) is 1. The highest BCUT2D eigenvalue weighted by molar-refractivity contribution is 8.00. The third kappa shape index (κ3) is 3.98. The summed E-state index contributed by atoms with van der Waals surface area (Å²) in [5.41, 5.74) is 1.03. The molecule has 27 heavy (non-hydrogen) atoms. The van der Waals surface area contributed by atoms with Crippen molar-refractivity contribution in [2.75, 3.05) is 12.4 Å². The first-order valence-corrected chi connectivity index (χ1v) is 10.4. The van der Waals surface area contributed by atoms with Crippen molar-refractivity contribution in [1.82, 2.24) is 10.2 Å². The quantitative estimate of drug-likeness (QED) is 0.724. The van der Waals surface area contributed by atoms with E-state index in [2.05, 4.69) is 5.32 Å². The van der Waals surface area contributed by atoms with Gasteiger partial charge >= 0.3 is 5.97 Å². The Kier molecular flexibility index (Phi) is 6.09. The lowest BCUT2D eigenvalue weighted by Gasteiger charge is -2.33. The molecule has 2 heterocycles. The molecule has 2 saturated heterocycles. The zero-order valence-electron chi connectivity index (χ0n) is 15.8. The third-order valence-electron chi connectivity index (χ3n) is 5.10. The van der Waals surface area contributed by atoms with E-state index in [1.807, 2.05) is 44.2 Å². The van der Waals surface area contributed by atoms with Gasteiger partial charge in [-0.2, -0.15) is 0 Å². The van der Waals surface area contributed by atoms with Crippen molar-refractivity contribution in [1.29, 1.82) is 0 Å². The van der Waals surface area contributed by atoms with Gasteiger partial charge in [0.05, 0.1) is 0 Å². The van der Waals surface area contributed by atoms with Crippen molar-refractivity contribution in [3.8, 4) is 0 Å². The molecule has 1 aromatic carbocycles. The highest BCUT2D eigenvalue weighted by Crippen LogP contribution is 2.54. The van der Waals surface area contributed by atoms with E-state index in [4.69, 9.17) is 4.74 Å². The molecule has 0 unspecified atom stereocenters. The summed E-state index contributed by atoms with van der Waals surface area (Å²) in [7, 11) is 0. The molecular formula is C20H26N2O4S. The first-order valence-electron chi connectivity index (χ1n) is 9.45. The molecule has 3 rings (SSSR count). The van der Waals surface area contributed by atoms with Crippen LogP contribution in [-0.4, -0.2) is 47.1 Å². The van der Waals surface area contributed by atoms with Crippen molar-refractivity contribution < 1.29 is 19.1 Å². The molecule has 6 nitrogen and oxygen atoms in total. The van der Waals surface area contributed by atoms with Crippen LogP contribution in [-0.2, 0) is 24.0 Å². The number of carbonyl (C=O) groups excluding carboxylic acids is 3. The minimum absolute atomic E-state index is 0.0353. The maximum atomic E-state index is 12.6. The van der Waals surface area contributed by atoms with E-state index in [9.17, 15) is 14.4 Å². The van der Waals surface area contributed by atoms with Crippen LogP contribution in [0.25, 0.3) is 0 Å². The number of amides is 2. The van der Waals surface area contributed by atoms with Gasteiger partial charge in [-0.1, -0.05) is 43.7 Å². The second-order valence-corrected chi connectivity index (χ2v) is 8.40. The summed E-state index contributed by atoms with van der Waals surface area (Å²) < 4.78 is 5.25. The fourth-order valence-electron chi connectivity index (χ4n) is 3.87. The fourth-order valence-corrected chi connectivity index (χ4v) is 5.51. The van der Waals surface area contributed by atoms with Crippen LogP contribution < -0.4 is 5.32 Å². The number of nitrogens with zero attached hydrogens (tertiary/aromatic N) is 1. The lowest BCUT2D eigenvalue weighted by Crippen LogP contribution is -2.47. The molecule has 0 bridgehead atoms.